The van der Waals surface area contributed by atoms with Gasteiger partial charge in [0.05, 0.1) is 0 Å². The zero-order chi connectivity index (χ0) is 13.7. The molecule has 0 aliphatic heterocycles. The second-order valence-electron chi connectivity index (χ2n) is 5.49. The van der Waals surface area contributed by atoms with Gasteiger partial charge >= 0.3 is 0 Å². The second kappa shape index (κ2) is 6.89. The topological polar surface area (TPSA) is 12.0 Å². The Morgan fingerprint density at radius 2 is 1.89 bits per heavy atom. The highest BCUT2D eigenvalue weighted by molar-refractivity contribution is 5.34. The van der Waals surface area contributed by atoms with Gasteiger partial charge in [0.1, 0.15) is 5.82 Å². The van der Waals surface area contributed by atoms with E-state index in [4.69, 9.17) is 0 Å². The van der Waals surface area contributed by atoms with E-state index < -0.39 is 0 Å². The van der Waals surface area contributed by atoms with E-state index in [1.807, 2.05) is 13.8 Å². The summed E-state index contributed by atoms with van der Waals surface area (Å²) in [5, 5.41) is 3.49. The number of rotatable bonds is 6. The van der Waals surface area contributed by atoms with Gasteiger partial charge in [-0.05, 0) is 37.5 Å². The van der Waals surface area contributed by atoms with Crippen LogP contribution in [0.3, 0.4) is 0 Å². The first-order valence-electron chi connectivity index (χ1n) is 6.98. The van der Waals surface area contributed by atoms with Crippen LogP contribution in [0.4, 0.5) is 4.39 Å². The number of unbranched alkanes of at least 4 members (excludes halogenated alkanes) is 1. The van der Waals surface area contributed by atoms with Crippen LogP contribution in [-0.2, 0) is 0 Å². The van der Waals surface area contributed by atoms with Crippen LogP contribution in [0.5, 0.6) is 0 Å². The van der Waals surface area contributed by atoms with E-state index in [9.17, 15) is 4.39 Å². The summed E-state index contributed by atoms with van der Waals surface area (Å²) in [4.78, 5) is 0. The van der Waals surface area contributed by atoms with Crippen molar-refractivity contribution in [2.24, 2.45) is 0 Å². The molecule has 0 heterocycles. The smallest absolute Gasteiger partial charge is 0.128 e. The number of halogens is 1. The summed E-state index contributed by atoms with van der Waals surface area (Å²) in [7, 11) is 0. The lowest BCUT2D eigenvalue weighted by Crippen LogP contribution is -2.29. The Balaban J connectivity index is 3.03. The van der Waals surface area contributed by atoms with Crippen LogP contribution in [0.25, 0.3) is 0 Å². The molecule has 0 spiro atoms. The standard InChI is InChI=1S/C16H26FN/c1-6-7-8-15(18-11(2)3)16-13(5)9-12(4)10-14(16)17/h9-11,15,18H,6-8H2,1-5H3. The van der Waals surface area contributed by atoms with Gasteiger partial charge in [0.2, 0.25) is 0 Å². The van der Waals surface area contributed by atoms with Crippen LogP contribution >= 0.6 is 0 Å². The van der Waals surface area contributed by atoms with Crippen LogP contribution in [0, 0.1) is 19.7 Å². The van der Waals surface area contributed by atoms with Crippen molar-refractivity contribution in [3.8, 4) is 0 Å². The summed E-state index contributed by atoms with van der Waals surface area (Å²) >= 11 is 0. The van der Waals surface area contributed by atoms with Crippen LogP contribution in [0.15, 0.2) is 12.1 Å². The van der Waals surface area contributed by atoms with Crippen LogP contribution in [0.1, 0.15) is 62.8 Å². The van der Waals surface area contributed by atoms with Crippen molar-refractivity contribution < 1.29 is 4.39 Å². The zero-order valence-electron chi connectivity index (χ0n) is 12.3. The molecule has 1 rings (SSSR count). The first-order valence-corrected chi connectivity index (χ1v) is 6.98. The maximum atomic E-state index is 14.2. The van der Waals surface area contributed by atoms with Gasteiger partial charge in [-0.2, -0.15) is 0 Å². The molecule has 0 aromatic heterocycles. The lowest BCUT2D eigenvalue weighted by molar-refractivity contribution is 0.423. The molecule has 2 heteroatoms. The van der Waals surface area contributed by atoms with E-state index in [2.05, 4.69) is 32.2 Å². The van der Waals surface area contributed by atoms with Gasteiger partial charge in [0.15, 0.2) is 0 Å². The average Bonchev–Trinajstić information content (AvgIpc) is 2.23. The third kappa shape index (κ3) is 4.09. The Hall–Kier alpha value is -0.890. The molecule has 0 fully saturated rings. The molecule has 18 heavy (non-hydrogen) atoms. The molecule has 0 radical (unpaired) electrons. The molecule has 0 aliphatic carbocycles. The lowest BCUT2D eigenvalue weighted by Gasteiger charge is -2.24. The number of nitrogens with one attached hydrogen (secondary N) is 1. The van der Waals surface area contributed by atoms with Crippen molar-refractivity contribution in [1.29, 1.82) is 0 Å². The van der Waals surface area contributed by atoms with E-state index in [1.165, 1.54) is 0 Å². The molecule has 0 amide bonds. The maximum Gasteiger partial charge on any atom is 0.128 e. The van der Waals surface area contributed by atoms with Crippen LogP contribution in [-0.4, -0.2) is 6.04 Å². The molecule has 0 saturated heterocycles. The molecule has 102 valence electrons. The van der Waals surface area contributed by atoms with Gasteiger partial charge in [-0.3, -0.25) is 0 Å². The Labute approximate surface area is 111 Å². The molecule has 0 aliphatic rings. The maximum absolute atomic E-state index is 14.2. The third-order valence-corrected chi connectivity index (χ3v) is 3.21. The molecule has 0 saturated carbocycles. The zero-order valence-corrected chi connectivity index (χ0v) is 12.3. The highest BCUT2D eigenvalue weighted by Crippen LogP contribution is 2.27. The van der Waals surface area contributed by atoms with Crippen molar-refractivity contribution in [2.75, 3.05) is 0 Å². The quantitative estimate of drug-likeness (QED) is 0.774. The summed E-state index contributed by atoms with van der Waals surface area (Å²) < 4.78 is 14.2. The Kier molecular flexibility index (Phi) is 5.80. The van der Waals surface area contributed by atoms with Crippen LogP contribution in [0.2, 0.25) is 0 Å². The van der Waals surface area contributed by atoms with E-state index in [1.54, 1.807) is 6.07 Å². The summed E-state index contributed by atoms with van der Waals surface area (Å²) in [6.45, 7) is 10.3. The largest absolute Gasteiger partial charge is 0.308 e. The molecular formula is C16H26FN. The van der Waals surface area contributed by atoms with Gasteiger partial charge in [-0.15, -0.1) is 0 Å². The normalized spacial score (nSPS) is 13.1. The fraction of sp³-hybridized carbons (Fsp3) is 0.625. The molecular weight excluding hydrogens is 225 g/mol. The minimum absolute atomic E-state index is 0.0678. The fourth-order valence-corrected chi connectivity index (χ4v) is 2.49. The number of benzene rings is 1. The van der Waals surface area contributed by atoms with E-state index in [0.717, 1.165) is 36.0 Å². The number of hydrogen-bond acceptors (Lipinski definition) is 1. The predicted octanol–water partition coefficient (Wildman–Crippen LogP) is 4.67. The summed E-state index contributed by atoms with van der Waals surface area (Å²) in [5.74, 6) is -0.0678. The van der Waals surface area contributed by atoms with Gasteiger partial charge < -0.3 is 5.32 Å². The molecule has 1 N–H and O–H groups in total. The third-order valence-electron chi connectivity index (χ3n) is 3.21. The highest BCUT2D eigenvalue weighted by atomic mass is 19.1. The Bertz CT molecular complexity index is 362. The molecule has 1 unspecified atom stereocenters. The average molecular weight is 251 g/mol. The first-order chi connectivity index (χ1) is 8.45. The van der Waals surface area contributed by atoms with Crippen molar-refractivity contribution in [1.82, 2.24) is 5.32 Å². The molecule has 1 aromatic carbocycles. The number of hydrogen-bond donors (Lipinski definition) is 1. The Morgan fingerprint density at radius 1 is 1.22 bits per heavy atom. The van der Waals surface area contributed by atoms with Crippen molar-refractivity contribution in [3.63, 3.8) is 0 Å². The second-order valence-corrected chi connectivity index (χ2v) is 5.49. The SMILES string of the molecule is CCCCC(NC(C)C)c1c(C)cc(C)cc1F. The van der Waals surface area contributed by atoms with Crippen LogP contribution < -0.4 is 5.32 Å². The molecule has 1 atom stereocenters. The van der Waals surface area contributed by atoms with Gasteiger partial charge in [0, 0.05) is 17.6 Å². The van der Waals surface area contributed by atoms with E-state index in [0.29, 0.717) is 6.04 Å². The predicted molar refractivity (Wildman–Crippen MR) is 76.4 cm³/mol. The van der Waals surface area contributed by atoms with Crippen molar-refractivity contribution >= 4 is 0 Å². The summed E-state index contributed by atoms with van der Waals surface area (Å²) in [5.41, 5.74) is 2.90. The monoisotopic (exact) mass is 251 g/mol. The summed E-state index contributed by atoms with van der Waals surface area (Å²) in [6.07, 6.45) is 3.26. The van der Waals surface area contributed by atoms with Gasteiger partial charge in [0.25, 0.3) is 0 Å². The van der Waals surface area contributed by atoms with Gasteiger partial charge in [-0.25, -0.2) is 4.39 Å². The molecule has 0 bridgehead atoms. The highest BCUT2D eigenvalue weighted by Gasteiger charge is 2.18. The molecule has 1 nitrogen and oxygen atoms in total. The van der Waals surface area contributed by atoms with Gasteiger partial charge in [-0.1, -0.05) is 39.7 Å². The lowest BCUT2D eigenvalue weighted by atomic mass is 9.94. The number of aryl methyl sites for hydroxylation is 2. The fourth-order valence-electron chi connectivity index (χ4n) is 2.49. The van der Waals surface area contributed by atoms with E-state index in [-0.39, 0.29) is 11.9 Å². The minimum Gasteiger partial charge on any atom is -0.308 e. The Morgan fingerprint density at radius 3 is 2.39 bits per heavy atom. The minimum atomic E-state index is -0.0678. The van der Waals surface area contributed by atoms with Crippen molar-refractivity contribution in [3.05, 3.63) is 34.6 Å². The van der Waals surface area contributed by atoms with Crippen molar-refractivity contribution in [2.45, 2.75) is 66.0 Å². The molecule has 1 aromatic rings. The summed E-state index contributed by atoms with van der Waals surface area (Å²) in [6, 6.07) is 4.21. The van der Waals surface area contributed by atoms with E-state index >= 15 is 0 Å². The first kappa shape index (κ1) is 15.2.